The van der Waals surface area contributed by atoms with Gasteiger partial charge in [0.2, 0.25) is 11.8 Å². The summed E-state index contributed by atoms with van der Waals surface area (Å²) in [4.78, 5) is 23.5. The number of hydrogen-bond donors (Lipinski definition) is 5. The van der Waals surface area contributed by atoms with Gasteiger partial charge in [0.05, 0.1) is 17.4 Å². The molecule has 30 heavy (non-hydrogen) atoms. The Bertz CT molecular complexity index is 1040. The minimum Gasteiger partial charge on any atom is -0.325 e. The average Bonchev–Trinajstić information content (AvgIpc) is 3.24. The van der Waals surface area contributed by atoms with Crippen LogP contribution in [0, 0.1) is 0 Å². The molecule has 154 valence electrons. The zero-order valence-electron chi connectivity index (χ0n) is 16.6. The molecule has 0 aliphatic heterocycles. The van der Waals surface area contributed by atoms with E-state index in [1.165, 1.54) is 6.08 Å². The quantitative estimate of drug-likeness (QED) is 0.385. The van der Waals surface area contributed by atoms with E-state index in [0.29, 0.717) is 11.4 Å². The molecule has 1 aromatic heterocycles. The number of rotatable bonds is 7. The zero-order chi connectivity index (χ0) is 21.7. The van der Waals surface area contributed by atoms with Gasteiger partial charge in [0.25, 0.3) is 0 Å². The van der Waals surface area contributed by atoms with Crippen molar-refractivity contribution in [2.24, 2.45) is 11.5 Å². The summed E-state index contributed by atoms with van der Waals surface area (Å²) in [6, 6.07) is 15.3. The number of H-pyrrole nitrogens is 1. The summed E-state index contributed by atoms with van der Waals surface area (Å²) in [5, 5.41) is 12.8. The fourth-order valence-electron chi connectivity index (χ4n) is 2.66. The van der Waals surface area contributed by atoms with Crippen LogP contribution in [0.1, 0.15) is 6.92 Å². The number of nitrogens with two attached hydrogens (primary N) is 2. The maximum absolute atomic E-state index is 11.8. The summed E-state index contributed by atoms with van der Waals surface area (Å²) in [6.45, 7) is 5.14. The van der Waals surface area contributed by atoms with Crippen molar-refractivity contribution in [1.29, 1.82) is 0 Å². The van der Waals surface area contributed by atoms with Crippen LogP contribution in [0.4, 0.5) is 11.4 Å². The minimum atomic E-state index is -0.752. The van der Waals surface area contributed by atoms with Crippen LogP contribution < -0.4 is 22.1 Å². The van der Waals surface area contributed by atoms with Gasteiger partial charge >= 0.3 is 0 Å². The smallest absolute Gasteiger partial charge is 0.245 e. The summed E-state index contributed by atoms with van der Waals surface area (Å²) in [6.07, 6.45) is 1.38. The van der Waals surface area contributed by atoms with Crippen molar-refractivity contribution < 1.29 is 9.59 Å². The Morgan fingerprint density at radius 1 is 0.967 bits per heavy atom. The van der Waals surface area contributed by atoms with E-state index in [0.717, 1.165) is 22.5 Å². The van der Waals surface area contributed by atoms with Crippen molar-refractivity contribution in [2.45, 2.75) is 19.0 Å². The highest BCUT2D eigenvalue weighted by molar-refractivity contribution is 5.96. The molecule has 3 aromatic rings. The van der Waals surface area contributed by atoms with Gasteiger partial charge in [-0.25, -0.2) is 0 Å². The van der Waals surface area contributed by atoms with Crippen molar-refractivity contribution in [3.63, 3.8) is 0 Å². The number of nitrogens with zero attached hydrogens (tertiary/aromatic N) is 1. The molecule has 0 spiro atoms. The van der Waals surface area contributed by atoms with Gasteiger partial charge in [0, 0.05) is 16.9 Å². The first-order valence-corrected chi connectivity index (χ1v) is 9.39. The van der Waals surface area contributed by atoms with Gasteiger partial charge in [0.15, 0.2) is 0 Å². The minimum absolute atomic E-state index is 0.240. The first kappa shape index (κ1) is 21.0. The summed E-state index contributed by atoms with van der Waals surface area (Å²) < 4.78 is 0. The first-order chi connectivity index (χ1) is 14.4. The van der Waals surface area contributed by atoms with Gasteiger partial charge in [-0.15, -0.1) is 6.58 Å². The van der Waals surface area contributed by atoms with Crippen molar-refractivity contribution in [1.82, 2.24) is 10.2 Å². The molecule has 2 unspecified atom stereocenters. The molecule has 0 fully saturated rings. The molecule has 2 aromatic carbocycles. The Kier molecular flexibility index (Phi) is 6.41. The maximum atomic E-state index is 11.8. The second-order valence-electron chi connectivity index (χ2n) is 6.85. The number of aromatic nitrogens is 2. The van der Waals surface area contributed by atoms with Crippen LogP contribution in [0.25, 0.3) is 22.5 Å². The largest absolute Gasteiger partial charge is 0.325 e. The second kappa shape index (κ2) is 9.17. The molecular formula is C22H24N6O2. The van der Waals surface area contributed by atoms with Gasteiger partial charge in [-0.1, -0.05) is 30.3 Å². The van der Waals surface area contributed by atoms with Gasteiger partial charge in [-0.05, 0) is 42.8 Å². The van der Waals surface area contributed by atoms with Crippen LogP contribution in [-0.2, 0) is 9.59 Å². The van der Waals surface area contributed by atoms with Crippen LogP contribution >= 0.6 is 0 Å². The predicted octanol–water partition coefficient (Wildman–Crippen LogP) is 2.48. The number of amides is 2. The van der Waals surface area contributed by atoms with Gasteiger partial charge in [-0.3, -0.25) is 14.7 Å². The monoisotopic (exact) mass is 404 g/mol. The Balaban J connectivity index is 1.69. The predicted molar refractivity (Wildman–Crippen MR) is 119 cm³/mol. The lowest BCUT2D eigenvalue weighted by molar-refractivity contribution is -0.117. The van der Waals surface area contributed by atoms with E-state index in [2.05, 4.69) is 27.4 Å². The standard InChI is InChI=1S/C22H24N6O2/c1-3-18(24)22(30)26-17-10-6-15(7-11-17)20-12-19(27-28-20)14-4-8-16(9-5-14)25-21(29)13(2)23/h3-13,18H,1,23-24H2,2H3,(H,25,29)(H,26,30)(H,27,28). The Morgan fingerprint density at radius 3 is 2.03 bits per heavy atom. The number of hydrogen-bond acceptors (Lipinski definition) is 5. The van der Waals surface area contributed by atoms with Gasteiger partial charge < -0.3 is 22.1 Å². The molecule has 0 aliphatic rings. The SMILES string of the molecule is C=CC(N)C(=O)Nc1ccc(-c2cc(-c3ccc(NC(=O)C(C)N)cc3)n[nH]2)cc1. The van der Waals surface area contributed by atoms with Crippen molar-refractivity contribution in [3.05, 3.63) is 67.3 Å². The topological polar surface area (TPSA) is 139 Å². The second-order valence-corrected chi connectivity index (χ2v) is 6.85. The highest BCUT2D eigenvalue weighted by atomic mass is 16.2. The highest BCUT2D eigenvalue weighted by Gasteiger charge is 2.11. The van der Waals surface area contributed by atoms with E-state index >= 15 is 0 Å². The lowest BCUT2D eigenvalue weighted by Crippen LogP contribution is -2.33. The van der Waals surface area contributed by atoms with Crippen molar-refractivity contribution in [3.8, 4) is 22.5 Å². The molecule has 2 atom stereocenters. The number of anilines is 2. The zero-order valence-corrected chi connectivity index (χ0v) is 16.6. The van der Waals surface area contributed by atoms with Crippen LogP contribution in [0.3, 0.4) is 0 Å². The number of nitrogens with one attached hydrogen (secondary N) is 3. The number of carbonyl (C=O) groups excluding carboxylic acids is 2. The van der Waals surface area contributed by atoms with Crippen LogP contribution in [-0.4, -0.2) is 34.1 Å². The van der Waals surface area contributed by atoms with Crippen LogP contribution in [0.5, 0.6) is 0 Å². The van der Waals surface area contributed by atoms with E-state index in [1.807, 2.05) is 30.3 Å². The molecule has 8 nitrogen and oxygen atoms in total. The van der Waals surface area contributed by atoms with Gasteiger partial charge in [-0.2, -0.15) is 5.10 Å². The maximum Gasteiger partial charge on any atom is 0.245 e. The van der Waals surface area contributed by atoms with E-state index < -0.39 is 12.1 Å². The summed E-state index contributed by atoms with van der Waals surface area (Å²) in [7, 11) is 0. The van der Waals surface area contributed by atoms with Crippen LogP contribution in [0.2, 0.25) is 0 Å². The Labute approximate surface area is 174 Å². The molecule has 0 saturated heterocycles. The molecule has 0 bridgehead atoms. The highest BCUT2D eigenvalue weighted by Crippen LogP contribution is 2.26. The fraction of sp³-hybridized carbons (Fsp3) is 0.136. The first-order valence-electron chi connectivity index (χ1n) is 9.39. The molecule has 8 heteroatoms. The van der Waals surface area contributed by atoms with Crippen molar-refractivity contribution >= 4 is 23.2 Å². The molecule has 3 rings (SSSR count). The third-order valence-corrected chi connectivity index (χ3v) is 4.46. The molecule has 2 amide bonds. The normalized spacial score (nSPS) is 12.6. The Morgan fingerprint density at radius 2 is 1.50 bits per heavy atom. The third-order valence-electron chi connectivity index (χ3n) is 4.46. The Hall–Kier alpha value is -3.75. The molecule has 0 saturated carbocycles. The average molecular weight is 404 g/mol. The third kappa shape index (κ3) is 4.99. The number of aromatic amines is 1. The molecule has 0 radical (unpaired) electrons. The summed E-state index contributed by atoms with van der Waals surface area (Å²) in [5.41, 5.74) is 15.9. The van der Waals surface area contributed by atoms with E-state index in [-0.39, 0.29) is 11.8 Å². The fourth-order valence-corrected chi connectivity index (χ4v) is 2.66. The molecule has 0 aliphatic carbocycles. The van der Waals surface area contributed by atoms with E-state index in [9.17, 15) is 9.59 Å². The molecule has 7 N–H and O–H groups in total. The van der Waals surface area contributed by atoms with E-state index in [4.69, 9.17) is 11.5 Å². The van der Waals surface area contributed by atoms with E-state index in [1.54, 1.807) is 31.2 Å². The van der Waals surface area contributed by atoms with Crippen LogP contribution in [0.15, 0.2) is 67.3 Å². The summed E-state index contributed by atoms with van der Waals surface area (Å²) >= 11 is 0. The number of carbonyl (C=O) groups is 2. The lowest BCUT2D eigenvalue weighted by atomic mass is 10.1. The van der Waals surface area contributed by atoms with Gasteiger partial charge in [0.1, 0.15) is 6.04 Å². The number of benzene rings is 2. The molecule has 1 heterocycles. The van der Waals surface area contributed by atoms with Crippen molar-refractivity contribution in [2.75, 3.05) is 10.6 Å². The molecular weight excluding hydrogens is 380 g/mol. The summed E-state index contributed by atoms with van der Waals surface area (Å²) in [5.74, 6) is -0.557. The lowest BCUT2D eigenvalue weighted by Gasteiger charge is -2.08.